The van der Waals surface area contributed by atoms with Crippen LogP contribution >= 0.6 is 7.60 Å². The summed E-state index contributed by atoms with van der Waals surface area (Å²) in [5.74, 6) is -0.0215. The number of amides is 1. The van der Waals surface area contributed by atoms with E-state index in [9.17, 15) is 9.36 Å². The van der Waals surface area contributed by atoms with E-state index >= 15 is 0 Å². The predicted molar refractivity (Wildman–Crippen MR) is 91.1 cm³/mol. The third-order valence-electron chi connectivity index (χ3n) is 4.16. The number of unbranched alkanes of at least 4 members (excludes halogenated alkanes) is 3. The molecule has 0 aliphatic heterocycles. The normalized spacial score (nSPS) is 12.6. The number of rotatable bonds is 13. The van der Waals surface area contributed by atoms with Crippen molar-refractivity contribution in [3.05, 3.63) is 0 Å². The van der Waals surface area contributed by atoms with Gasteiger partial charge in [-0.2, -0.15) is 0 Å². The van der Waals surface area contributed by atoms with Gasteiger partial charge >= 0.3 is 13.5 Å². The highest BCUT2D eigenvalue weighted by atomic mass is 31.2. The summed E-state index contributed by atoms with van der Waals surface area (Å²) < 4.78 is 23.5. The number of carbonyl (C=O) groups is 1. The molecule has 0 bridgehead atoms. The van der Waals surface area contributed by atoms with Crippen molar-refractivity contribution in [2.24, 2.45) is 0 Å². The van der Waals surface area contributed by atoms with Crippen molar-refractivity contribution in [1.82, 2.24) is 0 Å². The first-order chi connectivity index (χ1) is 10.4. The summed E-state index contributed by atoms with van der Waals surface area (Å²) in [6.45, 7) is 12.6. The summed E-state index contributed by atoms with van der Waals surface area (Å²) in [6, 6.07) is 0. The maximum absolute atomic E-state index is 12.8. The Morgan fingerprint density at radius 1 is 0.909 bits per heavy atom. The van der Waals surface area contributed by atoms with Crippen LogP contribution in [0, 0.1) is 0 Å². The first-order valence-electron chi connectivity index (χ1n) is 8.71. The quantitative estimate of drug-likeness (QED) is 0.287. The van der Waals surface area contributed by atoms with E-state index in [0.29, 0.717) is 17.7 Å². The van der Waals surface area contributed by atoms with E-state index < -0.39 is 7.60 Å². The SMILES string of the molecule is CCCCCC[N+](CC)(CC)C(=O)CP(=O)(OCC)OCC. The second kappa shape index (κ2) is 11.3. The van der Waals surface area contributed by atoms with E-state index in [4.69, 9.17) is 9.05 Å². The van der Waals surface area contributed by atoms with Gasteiger partial charge in [-0.15, -0.1) is 0 Å². The Morgan fingerprint density at radius 2 is 1.45 bits per heavy atom. The van der Waals surface area contributed by atoms with E-state index in [-0.39, 0.29) is 12.1 Å². The molecule has 0 radical (unpaired) electrons. The molecule has 0 aromatic rings. The maximum atomic E-state index is 12.8. The third-order valence-corrected chi connectivity index (χ3v) is 6.12. The van der Waals surface area contributed by atoms with Crippen molar-refractivity contribution in [2.75, 3.05) is 39.0 Å². The van der Waals surface area contributed by atoms with E-state index in [2.05, 4.69) is 6.92 Å². The largest absolute Gasteiger partial charge is 0.344 e. The molecule has 0 rings (SSSR count). The molecule has 0 aromatic carbocycles. The molecule has 5 nitrogen and oxygen atoms in total. The Labute approximate surface area is 136 Å². The number of quaternary nitrogens is 1. The van der Waals surface area contributed by atoms with Gasteiger partial charge < -0.3 is 9.05 Å². The van der Waals surface area contributed by atoms with Gasteiger partial charge in [-0.1, -0.05) is 19.8 Å². The van der Waals surface area contributed by atoms with Crippen molar-refractivity contribution in [3.8, 4) is 0 Å². The molecule has 22 heavy (non-hydrogen) atoms. The fraction of sp³-hybridized carbons (Fsp3) is 0.938. The fourth-order valence-electron chi connectivity index (χ4n) is 2.70. The minimum atomic E-state index is -3.31. The average molecular weight is 336 g/mol. The molecule has 0 N–H and O–H groups in total. The summed E-state index contributed by atoms with van der Waals surface area (Å²) in [4.78, 5) is 12.8. The average Bonchev–Trinajstić information content (AvgIpc) is 2.48. The molecule has 0 spiro atoms. The zero-order chi connectivity index (χ0) is 17.1. The van der Waals surface area contributed by atoms with Crippen LogP contribution < -0.4 is 0 Å². The van der Waals surface area contributed by atoms with Gasteiger partial charge in [0.1, 0.15) is 0 Å². The second-order valence-corrected chi connectivity index (χ2v) is 7.61. The molecule has 132 valence electrons. The Bertz CT molecular complexity index is 346. The van der Waals surface area contributed by atoms with E-state index in [1.54, 1.807) is 13.8 Å². The Morgan fingerprint density at radius 3 is 1.86 bits per heavy atom. The molecule has 6 heteroatoms. The van der Waals surface area contributed by atoms with Crippen molar-refractivity contribution >= 4 is 13.5 Å². The van der Waals surface area contributed by atoms with Crippen LogP contribution in [0.5, 0.6) is 0 Å². The topological polar surface area (TPSA) is 52.6 Å². The van der Waals surface area contributed by atoms with Gasteiger partial charge in [0.15, 0.2) is 6.16 Å². The number of carbonyl (C=O) groups excluding carboxylic acids is 1. The van der Waals surface area contributed by atoms with Crippen LogP contribution in [-0.4, -0.2) is 49.4 Å². The monoisotopic (exact) mass is 336 g/mol. The minimum absolute atomic E-state index is 0.0215. The Balaban J connectivity index is 4.91. The van der Waals surface area contributed by atoms with Crippen LogP contribution in [0.1, 0.15) is 60.3 Å². The molecule has 0 unspecified atom stereocenters. The molecule has 0 aromatic heterocycles. The van der Waals surface area contributed by atoms with Crippen LogP contribution in [0.3, 0.4) is 0 Å². The predicted octanol–water partition coefficient (Wildman–Crippen LogP) is 4.22. The lowest BCUT2D eigenvalue weighted by Crippen LogP contribution is -2.54. The maximum Gasteiger partial charge on any atom is 0.344 e. The molecular weight excluding hydrogens is 301 g/mol. The van der Waals surface area contributed by atoms with Crippen LogP contribution in [0.15, 0.2) is 0 Å². The highest BCUT2D eigenvalue weighted by Crippen LogP contribution is 2.48. The Kier molecular flexibility index (Phi) is 11.2. The van der Waals surface area contributed by atoms with Crippen molar-refractivity contribution in [3.63, 3.8) is 0 Å². The van der Waals surface area contributed by atoms with Gasteiger partial charge in [0.05, 0.1) is 32.8 Å². The van der Waals surface area contributed by atoms with Crippen LogP contribution in [0.25, 0.3) is 0 Å². The summed E-state index contributed by atoms with van der Waals surface area (Å²) in [6.07, 6.45) is 4.41. The molecular formula is C16H35NO4P+. The molecule has 0 heterocycles. The summed E-state index contributed by atoms with van der Waals surface area (Å²) in [7, 11) is -3.31. The van der Waals surface area contributed by atoms with Gasteiger partial charge in [-0.05, 0) is 40.5 Å². The lowest BCUT2D eigenvalue weighted by Gasteiger charge is -2.34. The van der Waals surface area contributed by atoms with Gasteiger partial charge in [0.2, 0.25) is 0 Å². The molecule has 0 aliphatic rings. The Hall–Kier alpha value is -0.220. The first-order valence-corrected chi connectivity index (χ1v) is 10.4. The number of hydrogen-bond acceptors (Lipinski definition) is 4. The zero-order valence-electron chi connectivity index (χ0n) is 15.1. The van der Waals surface area contributed by atoms with E-state index in [1.807, 2.05) is 13.8 Å². The lowest BCUT2D eigenvalue weighted by atomic mass is 10.1. The van der Waals surface area contributed by atoms with E-state index in [1.165, 1.54) is 12.8 Å². The number of hydrogen-bond donors (Lipinski definition) is 0. The third kappa shape index (κ3) is 6.91. The summed E-state index contributed by atoms with van der Waals surface area (Å²) >= 11 is 0. The van der Waals surface area contributed by atoms with Gasteiger partial charge in [-0.3, -0.25) is 9.05 Å². The summed E-state index contributed by atoms with van der Waals surface area (Å²) in [5, 5.41) is 0. The number of nitrogens with zero attached hydrogens (tertiary/aromatic N) is 1. The highest BCUT2D eigenvalue weighted by molar-refractivity contribution is 7.54. The van der Waals surface area contributed by atoms with Crippen LogP contribution in [0.2, 0.25) is 0 Å². The first kappa shape index (κ1) is 21.8. The standard InChI is InChI=1S/C16H35NO4P/c1-6-11-12-13-14-17(7-2,8-3)16(18)15-22(19,20-9-4)21-10-5/h6-15H2,1-5H3/q+1. The molecule has 0 aliphatic carbocycles. The van der Waals surface area contributed by atoms with Crippen LogP contribution in [-0.2, 0) is 18.4 Å². The lowest BCUT2D eigenvalue weighted by molar-refractivity contribution is -0.850. The molecule has 1 amide bonds. The van der Waals surface area contributed by atoms with Gasteiger partial charge in [-0.25, -0.2) is 4.79 Å². The smallest absolute Gasteiger partial charge is 0.308 e. The van der Waals surface area contributed by atoms with E-state index in [0.717, 1.165) is 32.5 Å². The molecule has 0 saturated carbocycles. The fourth-order valence-corrected chi connectivity index (χ4v) is 4.37. The van der Waals surface area contributed by atoms with Gasteiger partial charge in [0, 0.05) is 0 Å². The highest BCUT2D eigenvalue weighted by Gasteiger charge is 2.39. The second-order valence-electron chi connectivity index (χ2n) is 5.56. The van der Waals surface area contributed by atoms with Crippen molar-refractivity contribution in [1.29, 1.82) is 0 Å². The minimum Gasteiger partial charge on any atom is -0.308 e. The molecule has 0 atom stereocenters. The van der Waals surface area contributed by atoms with Gasteiger partial charge in [0.25, 0.3) is 0 Å². The van der Waals surface area contributed by atoms with Crippen molar-refractivity contribution < 1.29 is 22.9 Å². The van der Waals surface area contributed by atoms with Crippen LogP contribution in [0.4, 0.5) is 0 Å². The zero-order valence-corrected chi connectivity index (χ0v) is 16.0. The van der Waals surface area contributed by atoms with Crippen molar-refractivity contribution in [2.45, 2.75) is 60.3 Å². The summed E-state index contributed by atoms with van der Waals surface area (Å²) in [5.41, 5.74) is 0. The molecule has 0 saturated heterocycles. The molecule has 0 fully saturated rings.